The molecule has 2 N–H and O–H groups in total. The van der Waals surface area contributed by atoms with Crippen molar-refractivity contribution in [3.63, 3.8) is 0 Å². The zero-order valence-corrected chi connectivity index (χ0v) is 17.2. The van der Waals surface area contributed by atoms with Crippen LogP contribution in [0.5, 0.6) is 5.75 Å². The smallest absolute Gasteiger partial charge is 0.246 e. The van der Waals surface area contributed by atoms with E-state index in [9.17, 15) is 13.2 Å². The van der Waals surface area contributed by atoms with Crippen molar-refractivity contribution in [2.75, 3.05) is 44.0 Å². The average molecular weight is 420 g/mol. The van der Waals surface area contributed by atoms with Crippen LogP contribution < -0.4 is 15.4 Å². The number of benzene rings is 2. The Kier molecular flexibility index (Phi) is 6.73. The SMILES string of the molecule is COc1cccc(N[C@H](C)C(=O)Nc2ccc(S(=O)(=O)N3CCOCC3)cc2)c1. The summed E-state index contributed by atoms with van der Waals surface area (Å²) in [5.41, 5.74) is 1.29. The Balaban J connectivity index is 1.61. The van der Waals surface area contributed by atoms with Gasteiger partial charge in [0.1, 0.15) is 11.8 Å². The summed E-state index contributed by atoms with van der Waals surface area (Å²) in [5.74, 6) is 0.455. The van der Waals surface area contributed by atoms with Crippen LogP contribution in [0.3, 0.4) is 0 Å². The Morgan fingerprint density at radius 1 is 1.10 bits per heavy atom. The number of methoxy groups -OCH3 is 1. The number of carbonyl (C=O) groups is 1. The third-order valence-corrected chi connectivity index (χ3v) is 6.49. The van der Waals surface area contributed by atoms with E-state index in [1.807, 2.05) is 18.2 Å². The number of morpholine rings is 1. The molecule has 0 aromatic heterocycles. The minimum absolute atomic E-state index is 0.194. The van der Waals surface area contributed by atoms with Gasteiger partial charge in [-0.25, -0.2) is 8.42 Å². The summed E-state index contributed by atoms with van der Waals surface area (Å²) in [6, 6.07) is 13.0. The molecule has 0 saturated carbocycles. The highest BCUT2D eigenvalue weighted by Gasteiger charge is 2.26. The fourth-order valence-corrected chi connectivity index (χ4v) is 4.33. The van der Waals surface area contributed by atoms with Gasteiger partial charge in [-0.1, -0.05) is 6.07 Å². The molecule has 9 heteroatoms. The van der Waals surface area contributed by atoms with Crippen LogP contribution in [0, 0.1) is 0 Å². The number of anilines is 2. The Bertz CT molecular complexity index is 941. The Hall–Kier alpha value is -2.62. The molecule has 0 radical (unpaired) electrons. The number of amides is 1. The van der Waals surface area contributed by atoms with Crippen LogP contribution in [0.2, 0.25) is 0 Å². The molecule has 0 aliphatic carbocycles. The first-order chi connectivity index (χ1) is 13.9. The van der Waals surface area contributed by atoms with Gasteiger partial charge in [-0.3, -0.25) is 4.79 Å². The topological polar surface area (TPSA) is 97.0 Å². The van der Waals surface area contributed by atoms with Crippen molar-refractivity contribution in [1.29, 1.82) is 0 Å². The second-order valence-electron chi connectivity index (χ2n) is 6.63. The molecule has 0 unspecified atom stereocenters. The van der Waals surface area contributed by atoms with E-state index in [4.69, 9.17) is 9.47 Å². The molecule has 1 amide bonds. The minimum atomic E-state index is -3.55. The summed E-state index contributed by atoms with van der Waals surface area (Å²) >= 11 is 0. The lowest BCUT2D eigenvalue weighted by molar-refractivity contribution is -0.116. The number of ether oxygens (including phenoxy) is 2. The normalized spacial score (nSPS) is 16.1. The van der Waals surface area contributed by atoms with Crippen molar-refractivity contribution in [2.24, 2.45) is 0 Å². The zero-order valence-electron chi connectivity index (χ0n) is 16.4. The number of hydrogen-bond acceptors (Lipinski definition) is 6. The van der Waals surface area contributed by atoms with Crippen molar-refractivity contribution in [3.8, 4) is 5.75 Å². The summed E-state index contributed by atoms with van der Waals surface area (Å²) in [5, 5.41) is 5.90. The molecule has 1 fully saturated rings. The maximum absolute atomic E-state index is 12.6. The van der Waals surface area contributed by atoms with Crippen molar-refractivity contribution in [1.82, 2.24) is 4.31 Å². The molecule has 1 saturated heterocycles. The lowest BCUT2D eigenvalue weighted by atomic mass is 10.2. The van der Waals surface area contributed by atoms with Crippen LogP contribution in [0.25, 0.3) is 0 Å². The number of carbonyl (C=O) groups excluding carboxylic acids is 1. The van der Waals surface area contributed by atoms with Gasteiger partial charge in [0, 0.05) is 30.5 Å². The molecule has 156 valence electrons. The van der Waals surface area contributed by atoms with Crippen LogP contribution in [0.15, 0.2) is 53.4 Å². The fourth-order valence-electron chi connectivity index (χ4n) is 2.93. The first kappa shape index (κ1) is 21.1. The molecule has 1 aliphatic heterocycles. The van der Waals surface area contributed by atoms with E-state index < -0.39 is 16.1 Å². The molecule has 2 aromatic rings. The van der Waals surface area contributed by atoms with E-state index in [0.29, 0.717) is 37.7 Å². The molecule has 3 rings (SSSR count). The van der Waals surface area contributed by atoms with E-state index in [1.54, 1.807) is 32.2 Å². The van der Waals surface area contributed by atoms with E-state index in [2.05, 4.69) is 10.6 Å². The van der Waals surface area contributed by atoms with Crippen molar-refractivity contribution >= 4 is 27.3 Å². The third-order valence-electron chi connectivity index (χ3n) is 4.58. The number of nitrogens with one attached hydrogen (secondary N) is 2. The standard InChI is InChI=1S/C20H25N3O5S/c1-15(21-17-4-3-5-18(14-17)27-2)20(24)22-16-6-8-19(9-7-16)29(25,26)23-10-12-28-13-11-23/h3-9,14-15,21H,10-13H2,1-2H3,(H,22,24)/t15-/m1/s1. The maximum atomic E-state index is 12.6. The first-order valence-corrected chi connectivity index (χ1v) is 10.7. The molecular formula is C20H25N3O5S. The highest BCUT2D eigenvalue weighted by atomic mass is 32.2. The van der Waals surface area contributed by atoms with Crippen LogP contribution in [0.4, 0.5) is 11.4 Å². The Morgan fingerprint density at radius 3 is 2.45 bits per heavy atom. The minimum Gasteiger partial charge on any atom is -0.497 e. The van der Waals surface area contributed by atoms with Crippen molar-refractivity contribution in [3.05, 3.63) is 48.5 Å². The van der Waals surface area contributed by atoms with Gasteiger partial charge in [-0.2, -0.15) is 4.31 Å². The molecule has 1 atom stereocenters. The van der Waals surface area contributed by atoms with Gasteiger partial charge in [0.15, 0.2) is 0 Å². The Morgan fingerprint density at radius 2 is 1.79 bits per heavy atom. The van der Waals surface area contributed by atoms with E-state index in [0.717, 1.165) is 5.69 Å². The molecule has 0 spiro atoms. The highest BCUT2D eigenvalue weighted by Crippen LogP contribution is 2.20. The number of sulfonamides is 1. The second-order valence-corrected chi connectivity index (χ2v) is 8.57. The van der Waals surface area contributed by atoms with Gasteiger partial charge in [-0.15, -0.1) is 0 Å². The summed E-state index contributed by atoms with van der Waals surface area (Å²) in [4.78, 5) is 12.6. The second kappa shape index (κ2) is 9.25. The Labute approximate surface area is 170 Å². The van der Waals surface area contributed by atoms with E-state index in [-0.39, 0.29) is 10.8 Å². The number of hydrogen-bond donors (Lipinski definition) is 2. The molecule has 2 aromatic carbocycles. The summed E-state index contributed by atoms with van der Waals surface area (Å²) in [6.07, 6.45) is 0. The number of nitrogens with zero attached hydrogens (tertiary/aromatic N) is 1. The fraction of sp³-hybridized carbons (Fsp3) is 0.350. The molecule has 0 bridgehead atoms. The van der Waals surface area contributed by atoms with E-state index in [1.165, 1.54) is 16.4 Å². The van der Waals surface area contributed by atoms with Crippen LogP contribution in [0.1, 0.15) is 6.92 Å². The molecule has 1 heterocycles. The molecule has 8 nitrogen and oxygen atoms in total. The van der Waals surface area contributed by atoms with Crippen LogP contribution in [-0.4, -0.2) is 58.1 Å². The van der Waals surface area contributed by atoms with Gasteiger partial charge in [0.25, 0.3) is 0 Å². The summed E-state index contributed by atoms with van der Waals surface area (Å²) in [7, 11) is -1.97. The van der Waals surface area contributed by atoms with Gasteiger partial charge < -0.3 is 20.1 Å². The summed E-state index contributed by atoms with van der Waals surface area (Å²) < 4.78 is 37.1. The zero-order chi connectivity index (χ0) is 20.9. The first-order valence-electron chi connectivity index (χ1n) is 9.29. The predicted molar refractivity (Wildman–Crippen MR) is 111 cm³/mol. The van der Waals surface area contributed by atoms with E-state index >= 15 is 0 Å². The van der Waals surface area contributed by atoms with Gasteiger partial charge in [0.05, 0.1) is 25.2 Å². The van der Waals surface area contributed by atoms with Crippen molar-refractivity contribution < 1.29 is 22.7 Å². The lowest BCUT2D eigenvalue weighted by Gasteiger charge is -2.26. The molecule has 1 aliphatic rings. The average Bonchev–Trinajstić information content (AvgIpc) is 2.75. The molecular weight excluding hydrogens is 394 g/mol. The predicted octanol–water partition coefficient (Wildman–Crippen LogP) is 2.16. The van der Waals surface area contributed by atoms with Crippen LogP contribution >= 0.6 is 0 Å². The maximum Gasteiger partial charge on any atom is 0.246 e. The number of rotatable bonds is 7. The van der Waals surface area contributed by atoms with Gasteiger partial charge in [-0.05, 0) is 43.3 Å². The summed E-state index contributed by atoms with van der Waals surface area (Å²) in [6.45, 7) is 3.21. The third kappa shape index (κ3) is 5.26. The monoisotopic (exact) mass is 419 g/mol. The quantitative estimate of drug-likeness (QED) is 0.714. The molecule has 29 heavy (non-hydrogen) atoms. The van der Waals surface area contributed by atoms with Gasteiger partial charge >= 0.3 is 0 Å². The van der Waals surface area contributed by atoms with Crippen molar-refractivity contribution in [2.45, 2.75) is 17.9 Å². The van der Waals surface area contributed by atoms with Gasteiger partial charge in [0.2, 0.25) is 15.9 Å². The lowest BCUT2D eigenvalue weighted by Crippen LogP contribution is -2.40. The van der Waals surface area contributed by atoms with Crippen LogP contribution in [-0.2, 0) is 19.6 Å². The largest absolute Gasteiger partial charge is 0.497 e. The highest BCUT2D eigenvalue weighted by molar-refractivity contribution is 7.89.